The molecular formula is C26H27ClN4O4. The second kappa shape index (κ2) is 8.86. The molecular weight excluding hydrogens is 468 g/mol. The number of phenols is 1. The fourth-order valence-electron chi connectivity index (χ4n) is 5.66. The molecule has 2 N–H and O–H groups in total. The van der Waals surface area contributed by atoms with E-state index in [-0.39, 0.29) is 24.1 Å². The van der Waals surface area contributed by atoms with Crippen molar-refractivity contribution in [2.24, 2.45) is 0 Å². The first-order valence-corrected chi connectivity index (χ1v) is 12.4. The number of morpholine rings is 1. The van der Waals surface area contributed by atoms with Crippen molar-refractivity contribution >= 4 is 34.3 Å². The Hall–Kier alpha value is -3.07. The smallest absolute Gasteiger partial charge is 0.246 e. The number of aromatic hydroxyl groups is 1. The summed E-state index contributed by atoms with van der Waals surface area (Å²) in [5, 5.41) is 11.8. The zero-order valence-corrected chi connectivity index (χ0v) is 20.0. The Labute approximate surface area is 208 Å². The van der Waals surface area contributed by atoms with Gasteiger partial charge >= 0.3 is 0 Å². The monoisotopic (exact) mass is 494 g/mol. The van der Waals surface area contributed by atoms with Crippen molar-refractivity contribution < 1.29 is 19.4 Å². The number of hydrogen-bond donors (Lipinski definition) is 2. The number of aromatic nitrogens is 1. The van der Waals surface area contributed by atoms with E-state index in [0.29, 0.717) is 31.2 Å². The summed E-state index contributed by atoms with van der Waals surface area (Å²) < 4.78 is 5.42. The lowest BCUT2D eigenvalue weighted by atomic mass is 9.86. The molecule has 3 aliphatic heterocycles. The summed E-state index contributed by atoms with van der Waals surface area (Å²) in [6.45, 7) is 4.35. The molecule has 6 rings (SSSR count). The van der Waals surface area contributed by atoms with E-state index in [1.54, 1.807) is 28.0 Å². The van der Waals surface area contributed by atoms with E-state index in [9.17, 15) is 14.7 Å². The van der Waals surface area contributed by atoms with E-state index in [1.807, 2.05) is 24.3 Å². The van der Waals surface area contributed by atoms with Gasteiger partial charge in [0.15, 0.2) is 0 Å². The molecule has 8 nitrogen and oxygen atoms in total. The number of amides is 2. The highest BCUT2D eigenvalue weighted by Crippen LogP contribution is 2.43. The number of halogens is 1. The highest BCUT2D eigenvalue weighted by molar-refractivity contribution is 6.31. The molecule has 182 valence electrons. The Morgan fingerprint density at radius 2 is 1.91 bits per heavy atom. The number of carbonyl (C=O) groups excluding carboxylic acids is 2. The topological polar surface area (TPSA) is 89.1 Å². The number of benzene rings is 2. The van der Waals surface area contributed by atoms with Crippen molar-refractivity contribution in [2.45, 2.75) is 18.5 Å². The van der Waals surface area contributed by atoms with E-state index >= 15 is 0 Å². The molecule has 4 heterocycles. The van der Waals surface area contributed by atoms with E-state index in [0.717, 1.165) is 47.4 Å². The number of aromatic amines is 1. The number of phenolic OH excluding ortho intramolecular Hbond substituents is 1. The molecule has 0 radical (unpaired) electrons. The van der Waals surface area contributed by atoms with Crippen molar-refractivity contribution in [3.63, 3.8) is 0 Å². The Morgan fingerprint density at radius 1 is 1.09 bits per heavy atom. The Balaban J connectivity index is 1.39. The number of piperazine rings is 1. The van der Waals surface area contributed by atoms with Crippen LogP contribution in [0.4, 0.5) is 0 Å². The molecule has 3 aliphatic rings. The number of carbonyl (C=O) groups is 2. The standard InChI is InChI=1S/C26H27ClN4O4/c27-17-4-5-21-19(13-17)20-14-22-26(34)30(7-6-29-8-10-35-11-9-29)15-23(33)31(22)25(24(20)28-21)16-2-1-3-18(32)12-16/h1-5,12-13,22,25,28,32H,6-11,14-15H2. The third-order valence-corrected chi connectivity index (χ3v) is 7.61. The van der Waals surface area contributed by atoms with Crippen LogP contribution in [0.1, 0.15) is 22.9 Å². The molecule has 0 saturated carbocycles. The average molecular weight is 495 g/mol. The van der Waals surface area contributed by atoms with Gasteiger partial charge in [-0.1, -0.05) is 23.7 Å². The van der Waals surface area contributed by atoms with Crippen LogP contribution in [0.3, 0.4) is 0 Å². The van der Waals surface area contributed by atoms with Crippen LogP contribution in [0.15, 0.2) is 42.5 Å². The predicted molar refractivity (Wildman–Crippen MR) is 131 cm³/mol. The Bertz CT molecular complexity index is 1300. The molecule has 2 saturated heterocycles. The fraction of sp³-hybridized carbons (Fsp3) is 0.385. The highest BCUT2D eigenvalue weighted by atomic mass is 35.5. The van der Waals surface area contributed by atoms with Crippen LogP contribution in [0.2, 0.25) is 5.02 Å². The lowest BCUT2D eigenvalue weighted by molar-refractivity contribution is -0.158. The van der Waals surface area contributed by atoms with E-state index in [1.165, 1.54) is 0 Å². The van der Waals surface area contributed by atoms with Gasteiger partial charge in [-0.15, -0.1) is 0 Å². The van der Waals surface area contributed by atoms with Crippen LogP contribution < -0.4 is 0 Å². The van der Waals surface area contributed by atoms with Gasteiger partial charge in [0.25, 0.3) is 0 Å². The van der Waals surface area contributed by atoms with Crippen LogP contribution in [-0.4, -0.2) is 88.6 Å². The summed E-state index contributed by atoms with van der Waals surface area (Å²) in [5.41, 5.74) is 3.53. The Kier molecular flexibility index (Phi) is 5.67. The van der Waals surface area contributed by atoms with Crippen molar-refractivity contribution in [3.05, 3.63) is 64.3 Å². The van der Waals surface area contributed by atoms with Crippen LogP contribution in [0.25, 0.3) is 10.9 Å². The van der Waals surface area contributed by atoms with E-state index < -0.39 is 12.1 Å². The van der Waals surface area contributed by atoms with Crippen molar-refractivity contribution in [3.8, 4) is 5.75 Å². The summed E-state index contributed by atoms with van der Waals surface area (Å²) in [6, 6.07) is 11.5. The van der Waals surface area contributed by atoms with Gasteiger partial charge in [0.1, 0.15) is 11.8 Å². The molecule has 9 heteroatoms. The van der Waals surface area contributed by atoms with Crippen LogP contribution in [0.5, 0.6) is 5.75 Å². The summed E-state index contributed by atoms with van der Waals surface area (Å²) in [4.78, 5) is 36.5. The first-order chi connectivity index (χ1) is 17.0. The van der Waals surface area contributed by atoms with Gasteiger partial charge in [0, 0.05) is 54.2 Å². The number of hydrogen-bond acceptors (Lipinski definition) is 5. The van der Waals surface area contributed by atoms with Gasteiger partial charge in [0.2, 0.25) is 11.8 Å². The maximum atomic E-state index is 13.8. The zero-order chi connectivity index (χ0) is 24.1. The lowest BCUT2D eigenvalue weighted by Gasteiger charge is -2.47. The van der Waals surface area contributed by atoms with Gasteiger partial charge in [-0.2, -0.15) is 0 Å². The Morgan fingerprint density at radius 3 is 2.71 bits per heavy atom. The molecule has 2 amide bonds. The summed E-state index contributed by atoms with van der Waals surface area (Å²) in [7, 11) is 0. The molecule has 0 spiro atoms. The largest absolute Gasteiger partial charge is 0.508 e. The number of nitrogens with zero attached hydrogens (tertiary/aromatic N) is 3. The molecule has 1 aromatic heterocycles. The van der Waals surface area contributed by atoms with Gasteiger partial charge in [0.05, 0.1) is 25.8 Å². The zero-order valence-electron chi connectivity index (χ0n) is 19.2. The molecule has 0 bridgehead atoms. The maximum absolute atomic E-state index is 13.8. The van der Waals surface area contributed by atoms with Gasteiger partial charge in [-0.25, -0.2) is 0 Å². The number of rotatable bonds is 4. The third-order valence-electron chi connectivity index (χ3n) is 7.37. The quantitative estimate of drug-likeness (QED) is 0.582. The average Bonchev–Trinajstić information content (AvgIpc) is 3.22. The number of fused-ring (bicyclic) bond motifs is 4. The maximum Gasteiger partial charge on any atom is 0.246 e. The highest BCUT2D eigenvalue weighted by Gasteiger charge is 2.48. The summed E-state index contributed by atoms with van der Waals surface area (Å²) in [6.07, 6.45) is 0.420. The third kappa shape index (κ3) is 3.95. The SMILES string of the molecule is O=C1C2Cc3c([nH]c4ccc(Cl)cc34)C(c3cccc(O)c3)N2C(=O)CN1CCN1CCOCC1. The van der Waals surface area contributed by atoms with Crippen LogP contribution >= 0.6 is 11.6 Å². The molecule has 0 aliphatic carbocycles. The van der Waals surface area contributed by atoms with Crippen molar-refractivity contribution in [1.29, 1.82) is 0 Å². The lowest BCUT2D eigenvalue weighted by Crippen LogP contribution is -2.63. The van der Waals surface area contributed by atoms with E-state index in [4.69, 9.17) is 16.3 Å². The molecule has 2 unspecified atom stereocenters. The van der Waals surface area contributed by atoms with Crippen molar-refractivity contribution in [1.82, 2.24) is 19.7 Å². The predicted octanol–water partition coefficient (Wildman–Crippen LogP) is 2.54. The minimum atomic E-state index is -0.612. The second-order valence-corrected chi connectivity index (χ2v) is 9.88. The second-order valence-electron chi connectivity index (χ2n) is 9.44. The molecule has 3 aromatic rings. The minimum Gasteiger partial charge on any atom is -0.508 e. The fourth-order valence-corrected chi connectivity index (χ4v) is 5.83. The minimum absolute atomic E-state index is 0.0370. The number of ether oxygens (including phenoxy) is 1. The van der Waals surface area contributed by atoms with E-state index in [2.05, 4.69) is 9.88 Å². The first kappa shape index (κ1) is 22.4. The molecule has 35 heavy (non-hydrogen) atoms. The van der Waals surface area contributed by atoms with Gasteiger partial charge in [-0.3, -0.25) is 14.5 Å². The van der Waals surface area contributed by atoms with Crippen LogP contribution in [0, 0.1) is 0 Å². The molecule has 2 fully saturated rings. The number of nitrogens with one attached hydrogen (secondary N) is 1. The van der Waals surface area contributed by atoms with Gasteiger partial charge in [-0.05, 0) is 41.5 Å². The molecule has 2 aromatic carbocycles. The van der Waals surface area contributed by atoms with Crippen LogP contribution in [-0.2, 0) is 20.7 Å². The first-order valence-electron chi connectivity index (χ1n) is 12.0. The molecule has 2 atom stereocenters. The number of H-pyrrole nitrogens is 1. The normalized spacial score (nSPS) is 23.0. The van der Waals surface area contributed by atoms with Crippen molar-refractivity contribution in [2.75, 3.05) is 45.9 Å². The summed E-state index contributed by atoms with van der Waals surface area (Å²) >= 11 is 6.32. The summed E-state index contributed by atoms with van der Waals surface area (Å²) in [5.74, 6) is -0.00875. The van der Waals surface area contributed by atoms with Gasteiger partial charge < -0.3 is 24.6 Å².